The summed E-state index contributed by atoms with van der Waals surface area (Å²) in [4.78, 5) is 25.1. The van der Waals surface area contributed by atoms with Gasteiger partial charge in [-0.1, -0.05) is 24.3 Å². The molecule has 0 saturated carbocycles. The molecule has 1 saturated heterocycles. The highest BCUT2D eigenvalue weighted by molar-refractivity contribution is 7.89. The van der Waals surface area contributed by atoms with Crippen molar-refractivity contribution in [2.75, 3.05) is 19.0 Å². The predicted molar refractivity (Wildman–Crippen MR) is 112 cm³/mol. The lowest BCUT2D eigenvalue weighted by Gasteiger charge is -2.18. The summed E-state index contributed by atoms with van der Waals surface area (Å²) in [6.45, 7) is 2.60. The van der Waals surface area contributed by atoms with Crippen LogP contribution in [0.5, 0.6) is 5.75 Å². The normalized spacial score (nSPS) is 14.1. The lowest BCUT2D eigenvalue weighted by Crippen LogP contribution is -2.27. The Morgan fingerprint density at radius 2 is 1.90 bits per heavy atom. The van der Waals surface area contributed by atoms with Crippen LogP contribution in [0.25, 0.3) is 0 Å². The number of sulfonamides is 1. The maximum absolute atomic E-state index is 12.8. The number of ether oxygens (including phenoxy) is 1. The van der Waals surface area contributed by atoms with Crippen molar-refractivity contribution in [2.45, 2.75) is 37.8 Å². The van der Waals surface area contributed by atoms with E-state index in [4.69, 9.17) is 4.74 Å². The highest BCUT2D eigenvalue weighted by Crippen LogP contribution is 2.27. The van der Waals surface area contributed by atoms with Crippen LogP contribution in [-0.2, 0) is 32.7 Å². The third-order valence-corrected chi connectivity index (χ3v) is 6.29. The summed E-state index contributed by atoms with van der Waals surface area (Å²) in [5.41, 5.74) is 1.99. The van der Waals surface area contributed by atoms with Gasteiger partial charge < -0.3 is 15.0 Å². The molecule has 0 radical (unpaired) electrons. The Hall–Kier alpha value is -2.91. The van der Waals surface area contributed by atoms with Gasteiger partial charge >= 0.3 is 0 Å². The van der Waals surface area contributed by atoms with E-state index >= 15 is 0 Å². The quantitative estimate of drug-likeness (QED) is 0.667. The van der Waals surface area contributed by atoms with Gasteiger partial charge in [0.2, 0.25) is 21.8 Å². The molecule has 30 heavy (non-hydrogen) atoms. The van der Waals surface area contributed by atoms with Crippen LogP contribution in [-0.4, -0.2) is 38.8 Å². The number of amides is 2. The smallest absolute Gasteiger partial charge is 0.240 e. The summed E-state index contributed by atoms with van der Waals surface area (Å²) >= 11 is 0. The molecule has 1 aliphatic rings. The van der Waals surface area contributed by atoms with Gasteiger partial charge in [-0.2, -0.15) is 0 Å². The average Bonchev–Trinajstić information content (AvgIpc) is 3.11. The number of benzene rings is 2. The van der Waals surface area contributed by atoms with Gasteiger partial charge in [0, 0.05) is 33.0 Å². The molecular formula is C21H25N3O5S. The maximum atomic E-state index is 12.8. The zero-order valence-electron chi connectivity index (χ0n) is 17.0. The summed E-state index contributed by atoms with van der Waals surface area (Å²) in [6.07, 6.45) is 1.41. The first-order chi connectivity index (χ1) is 14.3. The van der Waals surface area contributed by atoms with E-state index in [-0.39, 0.29) is 28.9 Å². The number of hydrogen-bond acceptors (Lipinski definition) is 5. The molecule has 3 rings (SSSR count). The first-order valence-electron chi connectivity index (χ1n) is 9.60. The second-order valence-electron chi connectivity index (χ2n) is 7.06. The molecule has 8 nitrogen and oxygen atoms in total. The third-order valence-electron chi connectivity index (χ3n) is 4.90. The molecule has 0 aromatic heterocycles. The summed E-state index contributed by atoms with van der Waals surface area (Å²) in [7, 11) is -2.39. The molecule has 0 spiro atoms. The molecule has 0 bridgehead atoms. The summed E-state index contributed by atoms with van der Waals surface area (Å²) in [6, 6.07) is 11.7. The van der Waals surface area contributed by atoms with Crippen LogP contribution < -0.4 is 14.8 Å². The highest BCUT2D eigenvalue weighted by atomic mass is 32.2. The minimum Gasteiger partial charge on any atom is -0.495 e. The molecule has 1 aliphatic heterocycles. The second kappa shape index (κ2) is 9.27. The standard InChI is InChI=1S/C21H25N3O5S/c1-15(25)23-19-12-18(9-10-20(19)29-2)30(27,28)22-13-16-6-3-4-7-17(16)14-24-11-5-8-21(24)26/h3-4,6-7,9-10,12,22H,5,8,11,13-14H2,1-2H3,(H,23,25). The van der Waals surface area contributed by atoms with Gasteiger partial charge in [-0.3, -0.25) is 9.59 Å². The zero-order chi connectivity index (χ0) is 21.7. The van der Waals surface area contributed by atoms with Gasteiger partial charge in [-0.15, -0.1) is 0 Å². The molecule has 0 atom stereocenters. The van der Waals surface area contributed by atoms with E-state index in [0.29, 0.717) is 18.7 Å². The van der Waals surface area contributed by atoms with Crippen LogP contribution in [0.1, 0.15) is 30.9 Å². The van der Waals surface area contributed by atoms with Crippen LogP contribution in [0.4, 0.5) is 5.69 Å². The molecule has 2 aromatic rings. The molecule has 2 aromatic carbocycles. The Bertz CT molecular complexity index is 1050. The second-order valence-corrected chi connectivity index (χ2v) is 8.82. The molecule has 160 valence electrons. The van der Waals surface area contributed by atoms with Crippen molar-refractivity contribution in [1.82, 2.24) is 9.62 Å². The lowest BCUT2D eigenvalue weighted by atomic mass is 10.1. The topological polar surface area (TPSA) is 105 Å². The largest absolute Gasteiger partial charge is 0.495 e. The fraction of sp³-hybridized carbons (Fsp3) is 0.333. The van der Waals surface area contributed by atoms with Gasteiger partial charge in [0.25, 0.3) is 0 Å². The van der Waals surface area contributed by atoms with Crippen molar-refractivity contribution in [3.63, 3.8) is 0 Å². The first-order valence-corrected chi connectivity index (χ1v) is 11.1. The Labute approximate surface area is 176 Å². The number of carbonyl (C=O) groups excluding carboxylic acids is 2. The van der Waals surface area contributed by atoms with Gasteiger partial charge in [-0.05, 0) is 35.7 Å². The van der Waals surface area contributed by atoms with Gasteiger partial charge in [0.15, 0.2) is 0 Å². The molecule has 0 aliphatic carbocycles. The Balaban J connectivity index is 1.77. The SMILES string of the molecule is COc1ccc(S(=O)(=O)NCc2ccccc2CN2CCCC2=O)cc1NC(C)=O. The number of rotatable bonds is 8. The van der Waals surface area contributed by atoms with E-state index in [2.05, 4.69) is 10.0 Å². The van der Waals surface area contributed by atoms with E-state index in [9.17, 15) is 18.0 Å². The number of methoxy groups -OCH3 is 1. The van der Waals surface area contributed by atoms with Gasteiger partial charge in [0.05, 0.1) is 17.7 Å². The summed E-state index contributed by atoms with van der Waals surface area (Å²) in [5.74, 6) is 0.153. The van der Waals surface area contributed by atoms with Crippen molar-refractivity contribution in [2.24, 2.45) is 0 Å². The van der Waals surface area contributed by atoms with Crippen molar-refractivity contribution >= 4 is 27.5 Å². The molecule has 1 fully saturated rings. The number of nitrogens with one attached hydrogen (secondary N) is 2. The Morgan fingerprint density at radius 3 is 2.53 bits per heavy atom. The molecular weight excluding hydrogens is 406 g/mol. The van der Waals surface area contributed by atoms with Gasteiger partial charge in [-0.25, -0.2) is 13.1 Å². The fourth-order valence-corrected chi connectivity index (χ4v) is 4.39. The highest BCUT2D eigenvalue weighted by Gasteiger charge is 2.22. The number of nitrogens with zero attached hydrogens (tertiary/aromatic N) is 1. The minimum atomic E-state index is -3.83. The van der Waals surface area contributed by atoms with Crippen molar-refractivity contribution in [3.05, 3.63) is 53.6 Å². The van der Waals surface area contributed by atoms with Crippen molar-refractivity contribution < 1.29 is 22.7 Å². The third kappa shape index (κ3) is 5.17. The maximum Gasteiger partial charge on any atom is 0.240 e. The van der Waals surface area contributed by atoms with Crippen LogP contribution in [0.15, 0.2) is 47.4 Å². The van der Waals surface area contributed by atoms with E-state index < -0.39 is 10.0 Å². The molecule has 1 heterocycles. The van der Waals surface area contributed by atoms with Crippen LogP contribution in [0.2, 0.25) is 0 Å². The van der Waals surface area contributed by atoms with Gasteiger partial charge in [0.1, 0.15) is 5.75 Å². The molecule has 9 heteroatoms. The summed E-state index contributed by atoms with van der Waals surface area (Å²) in [5, 5.41) is 2.57. The van der Waals surface area contributed by atoms with Crippen LogP contribution in [0, 0.1) is 0 Å². The zero-order valence-corrected chi connectivity index (χ0v) is 17.8. The van der Waals surface area contributed by atoms with E-state index in [1.807, 2.05) is 24.3 Å². The predicted octanol–water partition coefficient (Wildman–Crippen LogP) is 2.25. The molecule has 0 unspecified atom stereocenters. The number of likely N-dealkylation sites (tertiary alicyclic amines) is 1. The van der Waals surface area contributed by atoms with Crippen molar-refractivity contribution in [3.8, 4) is 5.75 Å². The monoisotopic (exact) mass is 431 g/mol. The number of anilines is 1. The Morgan fingerprint density at radius 1 is 1.17 bits per heavy atom. The average molecular weight is 432 g/mol. The Kier molecular flexibility index (Phi) is 6.73. The first kappa shape index (κ1) is 21.8. The lowest BCUT2D eigenvalue weighted by molar-refractivity contribution is -0.128. The van der Waals surface area contributed by atoms with Crippen molar-refractivity contribution in [1.29, 1.82) is 0 Å². The van der Waals surface area contributed by atoms with E-state index in [1.54, 1.807) is 4.90 Å². The summed E-state index contributed by atoms with van der Waals surface area (Å²) < 4.78 is 33.4. The van der Waals surface area contributed by atoms with Crippen LogP contribution >= 0.6 is 0 Å². The van der Waals surface area contributed by atoms with Crippen LogP contribution in [0.3, 0.4) is 0 Å². The fourth-order valence-electron chi connectivity index (χ4n) is 3.36. The van der Waals surface area contributed by atoms with E-state index in [1.165, 1.54) is 32.2 Å². The molecule has 2 amide bonds. The van der Waals surface area contributed by atoms with E-state index in [0.717, 1.165) is 24.1 Å². The number of carbonyl (C=O) groups is 2. The molecule has 2 N–H and O–H groups in total. The minimum absolute atomic E-state index is 0.0132. The number of hydrogen-bond donors (Lipinski definition) is 2.